The van der Waals surface area contributed by atoms with Crippen LogP contribution in [0.5, 0.6) is 0 Å². The molecule has 0 saturated heterocycles. The van der Waals surface area contributed by atoms with Gasteiger partial charge in [0, 0.05) is 29.9 Å². The first-order valence-corrected chi connectivity index (χ1v) is 5.04. The molecule has 0 bridgehead atoms. The van der Waals surface area contributed by atoms with Crippen LogP contribution in [0.3, 0.4) is 0 Å². The molecular formula is C10H17N3O. The quantitative estimate of drug-likeness (QED) is 0.749. The molecule has 14 heavy (non-hydrogen) atoms. The standard InChI is InChI=1S/C10H17N3O/c1-10(2,11)6-13-5-8(7-3-4-7)12-9(13)14/h5,7H,3-4,6,11H2,1-2H3,(H,12,14). The Balaban J connectivity index is 2.21. The van der Waals surface area contributed by atoms with Crippen molar-refractivity contribution in [3.05, 3.63) is 22.4 Å². The smallest absolute Gasteiger partial charge is 0.324 e. The molecule has 0 radical (unpaired) electrons. The van der Waals surface area contributed by atoms with E-state index in [-0.39, 0.29) is 11.2 Å². The first-order chi connectivity index (χ1) is 6.46. The number of H-pyrrole nitrogens is 1. The highest BCUT2D eigenvalue weighted by Gasteiger charge is 2.26. The van der Waals surface area contributed by atoms with Gasteiger partial charge in [-0.15, -0.1) is 0 Å². The molecule has 3 N–H and O–H groups in total. The van der Waals surface area contributed by atoms with E-state index in [4.69, 9.17) is 5.73 Å². The predicted octanol–water partition coefficient (Wildman–Crippen LogP) is 0.791. The Morgan fingerprint density at radius 1 is 1.64 bits per heavy atom. The first-order valence-electron chi connectivity index (χ1n) is 5.04. The summed E-state index contributed by atoms with van der Waals surface area (Å²) >= 11 is 0. The Labute approximate surface area is 83.1 Å². The fourth-order valence-electron chi connectivity index (χ4n) is 1.61. The SMILES string of the molecule is CC(C)(N)Cn1cc(C2CC2)[nH]c1=O. The molecular weight excluding hydrogens is 178 g/mol. The van der Waals surface area contributed by atoms with E-state index < -0.39 is 0 Å². The van der Waals surface area contributed by atoms with Crippen LogP contribution in [0.1, 0.15) is 38.3 Å². The van der Waals surface area contributed by atoms with Crippen LogP contribution >= 0.6 is 0 Å². The lowest BCUT2D eigenvalue weighted by Crippen LogP contribution is -2.39. The number of aromatic nitrogens is 2. The van der Waals surface area contributed by atoms with Crippen molar-refractivity contribution >= 4 is 0 Å². The number of nitrogens with zero attached hydrogens (tertiary/aromatic N) is 1. The van der Waals surface area contributed by atoms with E-state index >= 15 is 0 Å². The van der Waals surface area contributed by atoms with Crippen molar-refractivity contribution in [1.29, 1.82) is 0 Å². The minimum absolute atomic E-state index is 0.0366. The molecule has 0 spiro atoms. The molecule has 0 atom stereocenters. The number of aromatic amines is 1. The van der Waals surface area contributed by atoms with Gasteiger partial charge < -0.3 is 10.7 Å². The topological polar surface area (TPSA) is 63.8 Å². The van der Waals surface area contributed by atoms with Gasteiger partial charge in [0.2, 0.25) is 0 Å². The van der Waals surface area contributed by atoms with Crippen LogP contribution in [0.4, 0.5) is 0 Å². The summed E-state index contributed by atoms with van der Waals surface area (Å²) in [5.74, 6) is 0.588. The maximum absolute atomic E-state index is 11.5. The monoisotopic (exact) mass is 195 g/mol. The maximum atomic E-state index is 11.5. The van der Waals surface area contributed by atoms with Crippen molar-refractivity contribution in [1.82, 2.24) is 9.55 Å². The molecule has 1 fully saturated rings. The molecule has 1 saturated carbocycles. The minimum atomic E-state index is -0.340. The van der Waals surface area contributed by atoms with Crippen LogP contribution in [0, 0.1) is 0 Å². The Morgan fingerprint density at radius 3 is 2.79 bits per heavy atom. The van der Waals surface area contributed by atoms with Gasteiger partial charge in [0.1, 0.15) is 0 Å². The van der Waals surface area contributed by atoms with E-state index in [2.05, 4.69) is 4.98 Å². The van der Waals surface area contributed by atoms with Crippen LogP contribution in [-0.4, -0.2) is 15.1 Å². The summed E-state index contributed by atoms with van der Waals surface area (Å²) < 4.78 is 1.67. The summed E-state index contributed by atoms with van der Waals surface area (Å²) in [4.78, 5) is 14.4. The lowest BCUT2D eigenvalue weighted by atomic mass is 10.1. The lowest BCUT2D eigenvalue weighted by molar-refractivity contribution is 0.427. The van der Waals surface area contributed by atoms with E-state index in [1.165, 1.54) is 12.8 Å². The highest BCUT2D eigenvalue weighted by molar-refractivity contribution is 5.11. The largest absolute Gasteiger partial charge is 0.325 e. The fourth-order valence-corrected chi connectivity index (χ4v) is 1.61. The molecule has 0 aliphatic heterocycles. The second kappa shape index (κ2) is 2.98. The zero-order chi connectivity index (χ0) is 10.3. The van der Waals surface area contributed by atoms with Gasteiger partial charge in [-0.25, -0.2) is 4.79 Å². The Hall–Kier alpha value is -1.03. The molecule has 1 aliphatic carbocycles. The van der Waals surface area contributed by atoms with E-state index in [9.17, 15) is 4.79 Å². The normalized spacial score (nSPS) is 17.4. The predicted molar refractivity (Wildman–Crippen MR) is 55.3 cm³/mol. The first kappa shape index (κ1) is 9.52. The van der Waals surface area contributed by atoms with E-state index in [0.29, 0.717) is 12.5 Å². The van der Waals surface area contributed by atoms with Crippen LogP contribution in [-0.2, 0) is 6.54 Å². The third kappa shape index (κ3) is 2.07. The van der Waals surface area contributed by atoms with Gasteiger partial charge in [0.15, 0.2) is 0 Å². The van der Waals surface area contributed by atoms with Gasteiger partial charge in [-0.1, -0.05) is 0 Å². The zero-order valence-corrected chi connectivity index (χ0v) is 8.71. The van der Waals surface area contributed by atoms with E-state index in [0.717, 1.165) is 5.69 Å². The van der Waals surface area contributed by atoms with E-state index in [1.807, 2.05) is 20.0 Å². The molecule has 4 heteroatoms. The maximum Gasteiger partial charge on any atom is 0.325 e. The van der Waals surface area contributed by atoms with Gasteiger partial charge in [-0.05, 0) is 26.7 Å². The van der Waals surface area contributed by atoms with Gasteiger partial charge in [-0.3, -0.25) is 4.57 Å². The molecule has 2 rings (SSSR count). The van der Waals surface area contributed by atoms with Crippen LogP contribution < -0.4 is 11.4 Å². The van der Waals surface area contributed by atoms with Crippen molar-refractivity contribution in [2.45, 2.75) is 44.7 Å². The van der Waals surface area contributed by atoms with Crippen molar-refractivity contribution < 1.29 is 0 Å². The minimum Gasteiger partial charge on any atom is -0.324 e. The second-order valence-corrected chi connectivity index (χ2v) is 4.91. The molecule has 1 aromatic heterocycles. The highest BCUT2D eigenvalue weighted by Crippen LogP contribution is 2.38. The number of hydrogen-bond acceptors (Lipinski definition) is 2. The average Bonchev–Trinajstić information content (AvgIpc) is 2.77. The summed E-state index contributed by atoms with van der Waals surface area (Å²) in [5, 5.41) is 0. The zero-order valence-electron chi connectivity index (χ0n) is 8.71. The molecule has 1 aliphatic rings. The van der Waals surface area contributed by atoms with Crippen molar-refractivity contribution in [3.63, 3.8) is 0 Å². The van der Waals surface area contributed by atoms with E-state index in [1.54, 1.807) is 4.57 Å². The van der Waals surface area contributed by atoms with Crippen LogP contribution in [0.2, 0.25) is 0 Å². The Morgan fingerprint density at radius 2 is 2.29 bits per heavy atom. The molecule has 1 aromatic rings. The Bertz CT molecular complexity index is 379. The van der Waals surface area contributed by atoms with Crippen molar-refractivity contribution in [3.8, 4) is 0 Å². The second-order valence-electron chi connectivity index (χ2n) is 4.91. The van der Waals surface area contributed by atoms with Gasteiger partial charge >= 0.3 is 5.69 Å². The fraction of sp³-hybridized carbons (Fsp3) is 0.700. The summed E-state index contributed by atoms with van der Waals surface area (Å²) in [6, 6.07) is 0. The average molecular weight is 195 g/mol. The molecule has 4 nitrogen and oxygen atoms in total. The molecule has 1 heterocycles. The number of nitrogens with two attached hydrogens (primary N) is 1. The summed E-state index contributed by atoms with van der Waals surface area (Å²) in [7, 11) is 0. The number of hydrogen-bond donors (Lipinski definition) is 2. The van der Waals surface area contributed by atoms with Crippen LogP contribution in [0.25, 0.3) is 0 Å². The number of imidazole rings is 1. The highest BCUT2D eigenvalue weighted by atomic mass is 16.1. The summed E-state index contributed by atoms with van der Waals surface area (Å²) in [5.41, 5.74) is 6.56. The van der Waals surface area contributed by atoms with Crippen LogP contribution in [0.15, 0.2) is 11.0 Å². The van der Waals surface area contributed by atoms with Gasteiger partial charge in [0.25, 0.3) is 0 Å². The third-order valence-electron chi connectivity index (χ3n) is 2.40. The van der Waals surface area contributed by atoms with Crippen molar-refractivity contribution in [2.24, 2.45) is 5.73 Å². The van der Waals surface area contributed by atoms with Gasteiger partial charge in [-0.2, -0.15) is 0 Å². The molecule has 0 aromatic carbocycles. The third-order valence-corrected chi connectivity index (χ3v) is 2.40. The molecule has 78 valence electrons. The Kier molecular flexibility index (Phi) is 2.03. The van der Waals surface area contributed by atoms with Gasteiger partial charge in [0.05, 0.1) is 0 Å². The number of nitrogens with one attached hydrogen (secondary N) is 1. The summed E-state index contributed by atoms with van der Waals surface area (Å²) in [6.07, 6.45) is 4.31. The number of rotatable bonds is 3. The van der Waals surface area contributed by atoms with Crippen molar-refractivity contribution in [2.75, 3.05) is 0 Å². The lowest BCUT2D eigenvalue weighted by Gasteiger charge is -2.17. The molecule has 0 unspecified atom stereocenters. The molecule has 0 amide bonds. The summed E-state index contributed by atoms with van der Waals surface area (Å²) in [6.45, 7) is 4.40.